The topological polar surface area (TPSA) is 113 Å². The highest BCUT2D eigenvalue weighted by Gasteiger charge is 2.64. The van der Waals surface area contributed by atoms with E-state index in [-0.39, 0.29) is 15.7 Å². The Morgan fingerprint density at radius 1 is 1.05 bits per heavy atom. The van der Waals surface area contributed by atoms with Gasteiger partial charge in [0.15, 0.2) is 0 Å². The van der Waals surface area contributed by atoms with Gasteiger partial charge in [0, 0.05) is 6.54 Å². The monoisotopic (exact) mass is 592 g/mol. The fourth-order valence-corrected chi connectivity index (χ4v) is 12.3. The van der Waals surface area contributed by atoms with E-state index < -0.39 is 21.8 Å². The van der Waals surface area contributed by atoms with Crippen LogP contribution in [0.3, 0.4) is 0 Å². The van der Waals surface area contributed by atoms with Crippen LogP contribution in [-0.4, -0.2) is 38.0 Å². The molecule has 1 aromatic heterocycles. The predicted molar refractivity (Wildman–Crippen MR) is 157 cm³/mol. The molecule has 4 aliphatic carbocycles. The van der Waals surface area contributed by atoms with Crippen molar-refractivity contribution in [2.45, 2.75) is 102 Å². The minimum Gasteiger partial charge on any atom is -0.393 e. The number of rotatable bonds is 7. The Morgan fingerprint density at radius 2 is 1.80 bits per heavy atom. The van der Waals surface area contributed by atoms with Crippen LogP contribution in [0.15, 0.2) is 21.7 Å². The number of fused-ring (bicyclic) bond motifs is 5. The molecular weight excluding hydrogens is 544 g/mol. The van der Waals surface area contributed by atoms with Crippen molar-refractivity contribution < 1.29 is 23.1 Å². The van der Waals surface area contributed by atoms with Crippen molar-refractivity contribution in [1.29, 1.82) is 0 Å². The molecule has 4 saturated carbocycles. The van der Waals surface area contributed by atoms with Gasteiger partial charge in [-0.25, -0.2) is 13.1 Å². The maximum Gasteiger partial charge on any atom is 0.323 e. The first-order chi connectivity index (χ1) is 18.9. The normalized spacial score (nSPS) is 39.9. The molecule has 3 N–H and O–H groups in total. The summed E-state index contributed by atoms with van der Waals surface area (Å²) in [6, 6.07) is 2.97. The number of hydrogen-bond donors (Lipinski definition) is 3. The Morgan fingerprint density at radius 3 is 2.50 bits per heavy atom. The molecule has 4 aliphatic rings. The number of carbonyl (C=O) groups is 2. The zero-order valence-corrected chi connectivity index (χ0v) is 26.2. The Balaban J connectivity index is 1.21. The summed E-state index contributed by atoms with van der Waals surface area (Å²) < 4.78 is 26.4. The van der Waals surface area contributed by atoms with E-state index in [0.29, 0.717) is 53.4 Å². The number of amides is 2. The molecule has 1 aromatic rings. The van der Waals surface area contributed by atoms with Crippen LogP contribution >= 0.6 is 11.3 Å². The Labute approximate surface area is 244 Å². The van der Waals surface area contributed by atoms with E-state index in [9.17, 15) is 23.1 Å². The molecule has 224 valence electrons. The molecule has 0 aromatic carbocycles. The summed E-state index contributed by atoms with van der Waals surface area (Å²) in [5.74, 6) is 1.39. The minimum atomic E-state index is -4.03. The third kappa shape index (κ3) is 5.06. The molecule has 5 rings (SSSR count). The van der Waals surface area contributed by atoms with Crippen molar-refractivity contribution >= 4 is 33.2 Å². The summed E-state index contributed by atoms with van der Waals surface area (Å²) in [7, 11) is -4.03. The highest BCUT2D eigenvalue weighted by Crippen LogP contribution is 2.69. The van der Waals surface area contributed by atoms with Gasteiger partial charge in [-0.05, 0) is 109 Å². The molecule has 1 heterocycles. The fraction of sp³-hybridized carbons (Fsp3) is 0.806. The molecule has 0 bridgehead atoms. The summed E-state index contributed by atoms with van der Waals surface area (Å²) in [6.07, 6.45) is 11.5. The second kappa shape index (κ2) is 11.3. The zero-order chi connectivity index (χ0) is 28.9. The highest BCUT2D eigenvalue weighted by molar-refractivity contribution is 7.92. The van der Waals surface area contributed by atoms with E-state index >= 15 is 0 Å². The predicted octanol–water partition coefficient (Wildman–Crippen LogP) is 5.35. The maximum absolute atomic E-state index is 12.4. The van der Waals surface area contributed by atoms with E-state index in [1.54, 1.807) is 11.4 Å². The van der Waals surface area contributed by atoms with E-state index in [1.807, 2.05) is 4.72 Å². The number of aliphatic hydroxyl groups excluding tert-OH is 1. The summed E-state index contributed by atoms with van der Waals surface area (Å²) in [5, 5.41) is 16.1. The maximum atomic E-state index is 12.4. The molecule has 4 fully saturated rings. The van der Waals surface area contributed by atoms with Crippen molar-refractivity contribution in [3.05, 3.63) is 17.5 Å². The van der Waals surface area contributed by atoms with Crippen molar-refractivity contribution in [3.8, 4) is 0 Å². The zero-order valence-electron chi connectivity index (χ0n) is 24.5. The van der Waals surface area contributed by atoms with Gasteiger partial charge in [-0.2, -0.15) is 0 Å². The summed E-state index contributed by atoms with van der Waals surface area (Å²) in [4.78, 5) is 24.6. The Hall–Kier alpha value is -1.45. The lowest BCUT2D eigenvalue weighted by molar-refractivity contribution is -0.194. The van der Waals surface area contributed by atoms with Gasteiger partial charge in [-0.3, -0.25) is 9.59 Å². The Bertz CT molecular complexity index is 1190. The summed E-state index contributed by atoms with van der Waals surface area (Å²) in [5.41, 5.74) is 0.531. The summed E-state index contributed by atoms with van der Waals surface area (Å²) in [6.45, 7) is 9.88. The van der Waals surface area contributed by atoms with Crippen LogP contribution in [0.1, 0.15) is 91.9 Å². The molecular formula is C31H48N2O5S2. The van der Waals surface area contributed by atoms with E-state index in [2.05, 4.69) is 33.0 Å². The van der Waals surface area contributed by atoms with Crippen LogP contribution in [0, 0.1) is 52.3 Å². The largest absolute Gasteiger partial charge is 0.393 e. The van der Waals surface area contributed by atoms with E-state index in [4.69, 9.17) is 0 Å². The van der Waals surface area contributed by atoms with Gasteiger partial charge in [-0.1, -0.05) is 53.0 Å². The molecule has 0 saturated heterocycles. The van der Waals surface area contributed by atoms with Crippen molar-refractivity contribution in [2.24, 2.45) is 52.3 Å². The molecule has 9 heteroatoms. The number of carbonyl (C=O) groups excluding carboxylic acids is 2. The first-order valence-electron chi connectivity index (χ1n) is 15.5. The smallest absolute Gasteiger partial charge is 0.323 e. The van der Waals surface area contributed by atoms with Gasteiger partial charge < -0.3 is 10.4 Å². The van der Waals surface area contributed by atoms with Gasteiger partial charge in [0.05, 0.1) is 6.10 Å². The third-order valence-electron chi connectivity index (χ3n) is 12.2. The van der Waals surface area contributed by atoms with Crippen LogP contribution in [-0.2, 0) is 19.6 Å². The molecule has 40 heavy (non-hydrogen) atoms. The van der Waals surface area contributed by atoms with Gasteiger partial charge in [-0.15, -0.1) is 11.3 Å². The van der Waals surface area contributed by atoms with Crippen molar-refractivity contribution in [3.63, 3.8) is 0 Å². The molecule has 0 spiro atoms. The Kier molecular flexibility index (Phi) is 8.50. The fourth-order valence-electron chi connectivity index (χ4n) is 10.3. The molecule has 0 aliphatic heterocycles. The average molecular weight is 593 g/mol. The molecule has 0 radical (unpaired) electrons. The lowest BCUT2D eigenvalue weighted by atomic mass is 9.41. The SMILES string of the molecule is CC[C@H]1[C@@H](O)[C@@H]2[C@H](CC[C@]3(C)[C@@H]([C@H](C)CCNC(=O)C(=O)NS(=O)(=O)c4cccs4)CC[C@@H]23)[C@@]2(C)CCCC[C@@H]12. The van der Waals surface area contributed by atoms with E-state index in [1.165, 1.54) is 44.6 Å². The third-order valence-corrected chi connectivity index (χ3v) is 14.9. The second-order valence-electron chi connectivity index (χ2n) is 13.8. The number of hydrogen-bond acceptors (Lipinski definition) is 6. The molecule has 10 atom stereocenters. The van der Waals surface area contributed by atoms with E-state index in [0.717, 1.165) is 37.0 Å². The number of nitrogens with one attached hydrogen (secondary N) is 2. The number of thiophene rings is 1. The summed E-state index contributed by atoms with van der Waals surface area (Å²) >= 11 is 0.991. The molecule has 0 unspecified atom stereocenters. The van der Waals surface area contributed by atoms with Gasteiger partial charge in [0.25, 0.3) is 10.0 Å². The van der Waals surface area contributed by atoms with Gasteiger partial charge in [0.1, 0.15) is 4.21 Å². The second-order valence-corrected chi connectivity index (χ2v) is 16.7. The average Bonchev–Trinajstić information content (AvgIpc) is 3.57. The number of aliphatic hydroxyl groups is 1. The first-order valence-corrected chi connectivity index (χ1v) is 17.9. The van der Waals surface area contributed by atoms with Crippen molar-refractivity contribution in [1.82, 2.24) is 10.0 Å². The van der Waals surface area contributed by atoms with Crippen molar-refractivity contribution in [2.75, 3.05) is 6.54 Å². The van der Waals surface area contributed by atoms with Crippen LogP contribution < -0.4 is 10.0 Å². The van der Waals surface area contributed by atoms with Gasteiger partial charge in [0.2, 0.25) is 0 Å². The minimum absolute atomic E-state index is 0.00219. The molecule has 2 amide bonds. The lowest BCUT2D eigenvalue weighted by Gasteiger charge is -2.64. The van der Waals surface area contributed by atoms with Crippen LogP contribution in [0.25, 0.3) is 0 Å². The first kappa shape index (κ1) is 30.0. The highest BCUT2D eigenvalue weighted by atomic mass is 32.2. The number of sulfonamides is 1. The quantitative estimate of drug-likeness (QED) is 0.370. The molecule has 7 nitrogen and oxygen atoms in total. The van der Waals surface area contributed by atoms with Crippen LogP contribution in [0.2, 0.25) is 0 Å². The van der Waals surface area contributed by atoms with Crippen LogP contribution in [0.4, 0.5) is 0 Å². The lowest BCUT2D eigenvalue weighted by Crippen LogP contribution is -2.61. The van der Waals surface area contributed by atoms with Crippen LogP contribution in [0.5, 0.6) is 0 Å². The van der Waals surface area contributed by atoms with Gasteiger partial charge >= 0.3 is 11.8 Å². The standard InChI is InChI=1S/C31H48N2O5S2/c1-5-20-22-9-6-7-15-30(22,3)24-13-16-31(4)21(11-12-23(31)26(24)27(20)34)19(2)14-17-32-28(35)29(36)33-40(37,38)25-10-8-18-39-25/h8,10,18-24,26-27,34H,5-7,9,11-17H2,1-4H3,(H,32,35)(H,33,36)/t19-,20-,21-,22+,23+,24+,26+,27-,30+,31-/m1/s1.